The fourth-order valence-electron chi connectivity index (χ4n) is 3.40. The Morgan fingerprint density at radius 1 is 0.971 bits per heavy atom. The van der Waals surface area contributed by atoms with E-state index in [-0.39, 0.29) is 18.8 Å². The minimum Gasteiger partial charge on any atom is -0.480 e. The number of nitrogens with two attached hydrogens (primary N) is 1. The maximum atomic E-state index is 13.2. The van der Waals surface area contributed by atoms with Crippen LogP contribution in [0.25, 0.3) is 0 Å². The number of aromatic amines is 1. The zero-order valence-corrected chi connectivity index (χ0v) is 20.2. The van der Waals surface area contributed by atoms with Crippen LogP contribution >= 0.6 is 0 Å². The van der Waals surface area contributed by atoms with Crippen molar-refractivity contribution in [2.24, 2.45) is 11.7 Å². The highest BCUT2D eigenvalue weighted by Gasteiger charge is 2.32. The van der Waals surface area contributed by atoms with Gasteiger partial charge in [-0.15, -0.1) is 0 Å². The van der Waals surface area contributed by atoms with Crippen LogP contribution in [0.1, 0.15) is 38.4 Å². The molecule has 190 valence electrons. The first-order valence-electron chi connectivity index (χ1n) is 11.5. The summed E-state index contributed by atoms with van der Waals surface area (Å²) in [4.78, 5) is 57.0. The zero-order chi connectivity index (χ0) is 26.0. The summed E-state index contributed by atoms with van der Waals surface area (Å²) in [7, 11) is 0. The van der Waals surface area contributed by atoms with Crippen molar-refractivity contribution in [2.45, 2.75) is 64.2 Å². The average molecular weight is 487 g/mol. The number of nitrogens with one attached hydrogen (secondary N) is 4. The van der Waals surface area contributed by atoms with Crippen molar-refractivity contribution in [3.8, 4) is 0 Å². The standard InChI is InChI=1S/C24H34N6O5/c1-4-14(2)20(23(33)29-19(24(34)35)11-17-12-26-13-27-17)30-22(32)18(28-21(31)15(3)25)10-16-8-6-5-7-9-16/h5-9,12-15,18-20H,4,10-11,25H2,1-3H3,(H,26,27)(H,28,31)(H,29,33)(H,30,32)(H,34,35). The third-order valence-electron chi connectivity index (χ3n) is 5.72. The van der Waals surface area contributed by atoms with Crippen LogP contribution in [-0.2, 0) is 32.0 Å². The number of carboxylic acids is 1. The summed E-state index contributed by atoms with van der Waals surface area (Å²) in [6.07, 6.45) is 3.64. The topological polar surface area (TPSA) is 179 Å². The van der Waals surface area contributed by atoms with Crippen molar-refractivity contribution in [1.29, 1.82) is 0 Å². The van der Waals surface area contributed by atoms with Gasteiger partial charge in [-0.2, -0.15) is 0 Å². The number of hydrogen-bond acceptors (Lipinski definition) is 6. The number of rotatable bonds is 13. The summed E-state index contributed by atoms with van der Waals surface area (Å²) < 4.78 is 0. The number of H-pyrrole nitrogens is 1. The molecule has 0 fully saturated rings. The van der Waals surface area contributed by atoms with E-state index in [0.717, 1.165) is 5.56 Å². The molecule has 0 radical (unpaired) electrons. The van der Waals surface area contributed by atoms with Crippen LogP contribution in [0.3, 0.4) is 0 Å². The number of carboxylic acid groups (broad SMARTS) is 1. The van der Waals surface area contributed by atoms with Gasteiger partial charge in [0, 0.05) is 24.7 Å². The van der Waals surface area contributed by atoms with Gasteiger partial charge in [-0.05, 0) is 18.4 Å². The molecule has 1 aromatic heterocycles. The Balaban J connectivity index is 2.19. The molecule has 1 aromatic carbocycles. The van der Waals surface area contributed by atoms with Crippen LogP contribution < -0.4 is 21.7 Å². The molecule has 2 aromatic rings. The first kappa shape index (κ1) is 27.5. The molecule has 7 N–H and O–H groups in total. The van der Waals surface area contributed by atoms with Crippen molar-refractivity contribution >= 4 is 23.7 Å². The molecule has 11 heteroatoms. The first-order chi connectivity index (χ1) is 16.6. The van der Waals surface area contributed by atoms with Gasteiger partial charge >= 0.3 is 5.97 Å². The Morgan fingerprint density at radius 2 is 1.63 bits per heavy atom. The fourth-order valence-corrected chi connectivity index (χ4v) is 3.40. The van der Waals surface area contributed by atoms with Gasteiger partial charge in [0.2, 0.25) is 17.7 Å². The summed E-state index contributed by atoms with van der Waals surface area (Å²) in [5.41, 5.74) is 7.02. The molecular weight excluding hydrogens is 452 g/mol. The monoisotopic (exact) mass is 486 g/mol. The maximum absolute atomic E-state index is 13.2. The van der Waals surface area contributed by atoms with Gasteiger partial charge < -0.3 is 31.8 Å². The van der Waals surface area contributed by atoms with Gasteiger partial charge in [0.15, 0.2) is 0 Å². The Morgan fingerprint density at radius 3 is 2.17 bits per heavy atom. The number of imidazole rings is 1. The highest BCUT2D eigenvalue weighted by Crippen LogP contribution is 2.11. The first-order valence-corrected chi connectivity index (χ1v) is 11.5. The predicted octanol–water partition coefficient (Wildman–Crippen LogP) is 0.127. The fraction of sp³-hybridized carbons (Fsp3) is 0.458. The largest absolute Gasteiger partial charge is 0.480 e. The van der Waals surface area contributed by atoms with Crippen molar-refractivity contribution < 1.29 is 24.3 Å². The van der Waals surface area contributed by atoms with Crippen molar-refractivity contribution in [2.75, 3.05) is 0 Å². The zero-order valence-electron chi connectivity index (χ0n) is 20.2. The number of aromatic nitrogens is 2. The van der Waals surface area contributed by atoms with E-state index in [2.05, 4.69) is 25.9 Å². The van der Waals surface area contributed by atoms with Crippen molar-refractivity contribution in [3.63, 3.8) is 0 Å². The second-order valence-corrected chi connectivity index (χ2v) is 8.59. The van der Waals surface area contributed by atoms with Crippen LogP contribution in [0.2, 0.25) is 0 Å². The lowest BCUT2D eigenvalue weighted by Gasteiger charge is -2.28. The summed E-state index contributed by atoms with van der Waals surface area (Å²) in [6.45, 7) is 5.14. The minimum absolute atomic E-state index is 0.00330. The average Bonchev–Trinajstić information content (AvgIpc) is 3.34. The summed E-state index contributed by atoms with van der Waals surface area (Å²) in [5.74, 6) is -3.22. The molecule has 35 heavy (non-hydrogen) atoms. The number of carbonyl (C=O) groups excluding carboxylic acids is 3. The second-order valence-electron chi connectivity index (χ2n) is 8.59. The van der Waals surface area contributed by atoms with Crippen LogP contribution in [0.4, 0.5) is 0 Å². The number of carbonyl (C=O) groups is 4. The Labute approximate surface area is 204 Å². The highest BCUT2D eigenvalue weighted by molar-refractivity contribution is 5.94. The van der Waals surface area contributed by atoms with E-state index in [0.29, 0.717) is 12.1 Å². The van der Waals surface area contributed by atoms with Gasteiger partial charge in [-0.1, -0.05) is 50.6 Å². The van der Waals surface area contributed by atoms with Gasteiger partial charge in [0.05, 0.1) is 12.4 Å². The molecule has 1 heterocycles. The summed E-state index contributed by atoms with van der Waals surface area (Å²) in [5, 5.41) is 17.5. The third-order valence-corrected chi connectivity index (χ3v) is 5.72. The molecule has 5 atom stereocenters. The molecule has 2 rings (SSSR count). The van der Waals surface area contributed by atoms with E-state index in [9.17, 15) is 24.3 Å². The Hall–Kier alpha value is -3.73. The number of benzene rings is 1. The molecule has 0 aliphatic carbocycles. The number of aliphatic carboxylic acids is 1. The minimum atomic E-state index is -1.22. The lowest BCUT2D eigenvalue weighted by Crippen LogP contribution is -2.59. The lowest BCUT2D eigenvalue weighted by molar-refractivity contribution is -0.142. The normalized spacial score (nSPS) is 15.2. The molecule has 0 saturated heterocycles. The second kappa shape index (κ2) is 13.2. The highest BCUT2D eigenvalue weighted by atomic mass is 16.4. The number of hydrogen-bond donors (Lipinski definition) is 6. The number of amides is 3. The number of nitrogens with zero attached hydrogens (tertiary/aromatic N) is 1. The van der Waals surface area contributed by atoms with Crippen molar-refractivity contribution in [3.05, 3.63) is 54.1 Å². The molecule has 5 unspecified atom stereocenters. The third kappa shape index (κ3) is 8.53. The smallest absolute Gasteiger partial charge is 0.326 e. The molecule has 11 nitrogen and oxygen atoms in total. The van der Waals surface area contributed by atoms with Crippen LogP contribution in [0, 0.1) is 5.92 Å². The molecule has 3 amide bonds. The van der Waals surface area contributed by atoms with E-state index >= 15 is 0 Å². The van der Waals surface area contributed by atoms with E-state index in [4.69, 9.17) is 5.73 Å². The van der Waals surface area contributed by atoms with Crippen LogP contribution in [0.15, 0.2) is 42.9 Å². The van der Waals surface area contributed by atoms with E-state index in [1.54, 1.807) is 6.92 Å². The SMILES string of the molecule is CCC(C)C(NC(=O)C(Cc1ccccc1)NC(=O)C(C)N)C(=O)NC(Cc1cnc[nH]1)C(=O)O. The summed E-state index contributed by atoms with van der Waals surface area (Å²) in [6, 6.07) is 5.09. The maximum Gasteiger partial charge on any atom is 0.326 e. The Kier molecular flexibility index (Phi) is 10.4. The molecule has 0 saturated carbocycles. The van der Waals surface area contributed by atoms with Crippen LogP contribution in [-0.4, -0.2) is 62.9 Å². The molecule has 0 aliphatic heterocycles. The van der Waals surface area contributed by atoms with Gasteiger partial charge in [-0.25, -0.2) is 9.78 Å². The lowest BCUT2D eigenvalue weighted by atomic mass is 9.96. The van der Waals surface area contributed by atoms with Gasteiger partial charge in [0.1, 0.15) is 18.1 Å². The Bertz CT molecular complexity index is 980. The van der Waals surface area contributed by atoms with E-state index in [1.165, 1.54) is 19.4 Å². The van der Waals surface area contributed by atoms with Gasteiger partial charge in [0.25, 0.3) is 0 Å². The van der Waals surface area contributed by atoms with E-state index in [1.807, 2.05) is 37.3 Å². The molecule has 0 spiro atoms. The molecule has 0 bridgehead atoms. The molecular formula is C24H34N6O5. The van der Waals surface area contributed by atoms with Crippen LogP contribution in [0.5, 0.6) is 0 Å². The van der Waals surface area contributed by atoms with Crippen molar-refractivity contribution in [1.82, 2.24) is 25.9 Å². The molecule has 0 aliphatic rings. The van der Waals surface area contributed by atoms with E-state index < -0.39 is 47.9 Å². The summed E-state index contributed by atoms with van der Waals surface area (Å²) >= 11 is 0. The quantitative estimate of drug-likeness (QED) is 0.233. The predicted molar refractivity (Wildman–Crippen MR) is 129 cm³/mol. The van der Waals surface area contributed by atoms with Gasteiger partial charge in [-0.3, -0.25) is 14.4 Å².